The summed E-state index contributed by atoms with van der Waals surface area (Å²) in [4.78, 5) is 27.8. The normalized spacial score (nSPS) is 22.2. The Morgan fingerprint density at radius 2 is 1.84 bits per heavy atom. The van der Waals surface area contributed by atoms with Crippen molar-refractivity contribution in [3.05, 3.63) is 78.0 Å². The average molecular weight is 430 g/mol. The molecule has 3 unspecified atom stereocenters. The van der Waals surface area contributed by atoms with Crippen LogP contribution in [0.3, 0.4) is 0 Å². The fraction of sp³-hybridized carbons (Fsp3) is 0.250. The van der Waals surface area contributed by atoms with Crippen LogP contribution in [0.5, 0.6) is 0 Å². The number of rotatable bonds is 5. The predicted molar refractivity (Wildman–Crippen MR) is 120 cm³/mol. The number of fused-ring (bicyclic) bond motifs is 3. The lowest BCUT2D eigenvalue weighted by molar-refractivity contribution is -0.155. The lowest BCUT2D eigenvalue weighted by Gasteiger charge is -2.48. The summed E-state index contributed by atoms with van der Waals surface area (Å²) in [6.07, 6.45) is 4.03. The minimum Gasteiger partial charge on any atom is -0.469 e. The summed E-state index contributed by atoms with van der Waals surface area (Å²) < 4.78 is 6.48. The monoisotopic (exact) mass is 430 g/mol. The maximum Gasteiger partial charge on any atom is 0.592 e. The molecule has 162 valence electrons. The number of aromatic nitrogens is 1. The molecule has 1 amide bonds. The zero-order valence-electron chi connectivity index (χ0n) is 17.6. The number of hydrogen-bond acceptors (Lipinski definition) is 5. The fourth-order valence-corrected chi connectivity index (χ4v) is 5.12. The van der Waals surface area contributed by atoms with E-state index in [1.165, 1.54) is 11.6 Å². The summed E-state index contributed by atoms with van der Waals surface area (Å²) in [6.45, 7) is 0.382. The van der Waals surface area contributed by atoms with Crippen LogP contribution in [0.15, 0.2) is 66.9 Å². The molecule has 3 aliphatic rings. The molecule has 2 aliphatic heterocycles. The number of para-hydroxylation sites is 1. The topological polar surface area (TPSA) is 92.0 Å². The van der Waals surface area contributed by atoms with Gasteiger partial charge in [0.05, 0.1) is 25.0 Å². The van der Waals surface area contributed by atoms with Crippen LogP contribution in [-0.2, 0) is 20.9 Å². The van der Waals surface area contributed by atoms with E-state index in [9.17, 15) is 19.6 Å². The van der Waals surface area contributed by atoms with Gasteiger partial charge >= 0.3 is 13.2 Å². The van der Waals surface area contributed by atoms with Crippen molar-refractivity contribution < 1.29 is 24.4 Å². The summed E-state index contributed by atoms with van der Waals surface area (Å²) in [7, 11) is -0.334. The SMILES string of the molecule is COC(=O)C1CC2C=C(c3cn(B(O)O)c4ccccc34)C1N(Cc1ccccc1)C2=O. The van der Waals surface area contributed by atoms with Crippen LogP contribution in [0.4, 0.5) is 0 Å². The van der Waals surface area contributed by atoms with Crippen molar-refractivity contribution in [2.45, 2.75) is 19.0 Å². The van der Waals surface area contributed by atoms with E-state index in [1.54, 1.807) is 11.1 Å². The number of ether oxygens (including phenoxy) is 1. The molecule has 1 fully saturated rings. The number of esters is 1. The second-order valence-corrected chi connectivity index (χ2v) is 8.30. The summed E-state index contributed by atoms with van der Waals surface area (Å²) in [5, 5.41) is 20.6. The van der Waals surface area contributed by atoms with E-state index in [-0.39, 0.29) is 11.9 Å². The van der Waals surface area contributed by atoms with Gasteiger partial charge in [-0.05, 0) is 23.6 Å². The number of hydrogen-bond donors (Lipinski definition) is 2. The Kier molecular flexibility index (Phi) is 5.11. The lowest BCUT2D eigenvalue weighted by atomic mass is 9.71. The first kappa shape index (κ1) is 20.5. The minimum atomic E-state index is -1.70. The number of carbonyl (C=O) groups excluding carboxylic acids is 2. The molecule has 2 N–H and O–H groups in total. The molecule has 3 heterocycles. The molecule has 1 aliphatic carbocycles. The molecule has 2 aromatic carbocycles. The second kappa shape index (κ2) is 7.96. The van der Waals surface area contributed by atoms with Crippen molar-refractivity contribution in [1.82, 2.24) is 9.38 Å². The first-order chi connectivity index (χ1) is 15.5. The highest BCUT2D eigenvalue weighted by Crippen LogP contribution is 2.46. The van der Waals surface area contributed by atoms with Gasteiger partial charge < -0.3 is 24.2 Å². The first-order valence-electron chi connectivity index (χ1n) is 10.6. The Morgan fingerprint density at radius 1 is 1.12 bits per heavy atom. The van der Waals surface area contributed by atoms with Crippen molar-refractivity contribution in [2.75, 3.05) is 7.11 Å². The number of benzene rings is 2. The molecule has 0 spiro atoms. The number of amides is 1. The van der Waals surface area contributed by atoms with Crippen LogP contribution in [-0.4, -0.2) is 51.7 Å². The molecular formula is C24H23BN2O5. The van der Waals surface area contributed by atoms with E-state index in [0.717, 1.165) is 22.1 Å². The molecule has 0 radical (unpaired) electrons. The Hall–Kier alpha value is -3.36. The molecule has 32 heavy (non-hydrogen) atoms. The molecule has 7 nitrogen and oxygen atoms in total. The Morgan fingerprint density at radius 3 is 2.56 bits per heavy atom. The lowest BCUT2D eigenvalue weighted by Crippen LogP contribution is -2.57. The van der Waals surface area contributed by atoms with Gasteiger partial charge in [0.1, 0.15) is 0 Å². The van der Waals surface area contributed by atoms with Crippen LogP contribution in [0, 0.1) is 11.8 Å². The zero-order chi connectivity index (χ0) is 22.4. The predicted octanol–water partition coefficient (Wildman–Crippen LogP) is 2.06. The van der Waals surface area contributed by atoms with Gasteiger partial charge in [0, 0.05) is 29.2 Å². The van der Waals surface area contributed by atoms with Gasteiger partial charge in [0.2, 0.25) is 5.91 Å². The van der Waals surface area contributed by atoms with Crippen LogP contribution in [0.2, 0.25) is 0 Å². The second-order valence-electron chi connectivity index (χ2n) is 8.30. The third kappa shape index (κ3) is 3.23. The van der Waals surface area contributed by atoms with Gasteiger partial charge in [-0.15, -0.1) is 0 Å². The number of methoxy groups -OCH3 is 1. The zero-order valence-corrected chi connectivity index (χ0v) is 17.6. The Bertz CT molecular complexity index is 1220. The van der Waals surface area contributed by atoms with Gasteiger partial charge in [0.15, 0.2) is 0 Å². The van der Waals surface area contributed by atoms with Crippen molar-refractivity contribution in [3.8, 4) is 0 Å². The molecule has 2 bridgehead atoms. The molecule has 8 heteroatoms. The highest BCUT2D eigenvalue weighted by atomic mass is 16.5. The van der Waals surface area contributed by atoms with E-state index in [0.29, 0.717) is 18.5 Å². The molecule has 3 aromatic rings. The van der Waals surface area contributed by atoms with Crippen LogP contribution in [0.1, 0.15) is 17.5 Å². The van der Waals surface area contributed by atoms with Crippen LogP contribution < -0.4 is 0 Å². The van der Waals surface area contributed by atoms with Gasteiger partial charge in [-0.3, -0.25) is 9.59 Å². The first-order valence-corrected chi connectivity index (χ1v) is 10.6. The van der Waals surface area contributed by atoms with Crippen molar-refractivity contribution >= 4 is 35.6 Å². The highest BCUT2D eigenvalue weighted by Gasteiger charge is 2.50. The van der Waals surface area contributed by atoms with Crippen molar-refractivity contribution in [1.29, 1.82) is 0 Å². The van der Waals surface area contributed by atoms with Gasteiger partial charge in [-0.2, -0.15) is 0 Å². The maximum absolute atomic E-state index is 13.2. The van der Waals surface area contributed by atoms with E-state index < -0.39 is 25.1 Å². The largest absolute Gasteiger partial charge is 0.592 e. The average Bonchev–Trinajstić information content (AvgIpc) is 3.21. The summed E-state index contributed by atoms with van der Waals surface area (Å²) in [5.41, 5.74) is 3.26. The van der Waals surface area contributed by atoms with Crippen LogP contribution >= 0.6 is 0 Å². The third-order valence-corrected chi connectivity index (χ3v) is 6.52. The number of nitrogens with zero attached hydrogens (tertiary/aromatic N) is 2. The van der Waals surface area contributed by atoms with E-state index >= 15 is 0 Å². The van der Waals surface area contributed by atoms with Gasteiger partial charge in [0.25, 0.3) is 0 Å². The summed E-state index contributed by atoms with van der Waals surface area (Å²) >= 11 is 0. The highest BCUT2D eigenvalue weighted by molar-refractivity contribution is 6.41. The smallest absolute Gasteiger partial charge is 0.469 e. The Labute approximate surface area is 185 Å². The summed E-state index contributed by atoms with van der Waals surface area (Å²) in [5.74, 6) is -1.28. The van der Waals surface area contributed by atoms with E-state index in [2.05, 4.69) is 0 Å². The van der Waals surface area contributed by atoms with E-state index in [1.807, 2.05) is 60.7 Å². The van der Waals surface area contributed by atoms with Gasteiger partial charge in [-0.25, -0.2) is 0 Å². The van der Waals surface area contributed by atoms with Crippen molar-refractivity contribution in [3.63, 3.8) is 0 Å². The number of carbonyl (C=O) groups is 2. The van der Waals surface area contributed by atoms with E-state index in [4.69, 9.17) is 4.74 Å². The maximum atomic E-state index is 13.2. The third-order valence-electron chi connectivity index (χ3n) is 6.52. The van der Waals surface area contributed by atoms with Crippen molar-refractivity contribution in [2.24, 2.45) is 11.8 Å². The molecule has 1 saturated heterocycles. The molecule has 6 rings (SSSR count). The standard InChI is InChI=1S/C24H23BN2O5/c1-32-24(29)19-12-16-11-18(20-14-27(25(30)31)21-10-6-5-9-17(20)21)22(19)26(23(16)28)13-15-7-3-2-4-8-15/h2-11,14,16,19,22,30-31H,12-13H2,1H3. The van der Waals surface area contributed by atoms with Gasteiger partial charge in [-0.1, -0.05) is 54.6 Å². The molecule has 1 aromatic heterocycles. The molecule has 0 saturated carbocycles. The number of piperidine rings is 1. The molecular weight excluding hydrogens is 407 g/mol. The minimum absolute atomic E-state index is 0.00585. The summed E-state index contributed by atoms with van der Waals surface area (Å²) in [6, 6.07) is 16.6. The molecule has 3 atom stereocenters. The fourth-order valence-electron chi connectivity index (χ4n) is 5.12. The Balaban J connectivity index is 1.66. The quantitative estimate of drug-likeness (QED) is 0.478. The van der Waals surface area contributed by atoms with Crippen LogP contribution in [0.25, 0.3) is 16.5 Å².